The van der Waals surface area contributed by atoms with Crippen molar-refractivity contribution in [2.24, 2.45) is 0 Å². The van der Waals surface area contributed by atoms with Gasteiger partial charge in [-0.1, -0.05) is 41.9 Å². The summed E-state index contributed by atoms with van der Waals surface area (Å²) in [5.41, 5.74) is 7.35. The summed E-state index contributed by atoms with van der Waals surface area (Å²) in [6.45, 7) is 6.46. The summed E-state index contributed by atoms with van der Waals surface area (Å²) >= 11 is 8.61. The van der Waals surface area contributed by atoms with Crippen molar-refractivity contribution in [3.8, 4) is 11.5 Å². The van der Waals surface area contributed by atoms with Gasteiger partial charge in [0.2, 0.25) is 0 Å². The Bertz CT molecular complexity index is 623. The summed E-state index contributed by atoms with van der Waals surface area (Å²) < 4.78 is 7.17. The average Bonchev–Trinajstić information content (AvgIpc) is 2.79. The first-order valence-corrected chi connectivity index (χ1v) is 8.55. The summed E-state index contributed by atoms with van der Waals surface area (Å²) in [6, 6.07) is 3.75. The summed E-state index contributed by atoms with van der Waals surface area (Å²) in [5.74, 6) is 1.83. The molecule has 0 unspecified atom stereocenters. The van der Waals surface area contributed by atoms with Crippen LogP contribution in [0.2, 0.25) is 0 Å². The SMILES string of the molecule is CC(C)(C)SCc1noc(-c2cc(Br)cc(Br)c2N)n1. The molecule has 0 amide bonds. The van der Waals surface area contributed by atoms with Crippen molar-refractivity contribution in [1.29, 1.82) is 0 Å². The lowest BCUT2D eigenvalue weighted by Gasteiger charge is -2.15. The zero-order valence-electron chi connectivity index (χ0n) is 11.4. The van der Waals surface area contributed by atoms with E-state index in [0.29, 0.717) is 23.2 Å². The number of thioether (sulfide) groups is 1. The number of nitrogens with two attached hydrogens (primary N) is 1. The fourth-order valence-electron chi connectivity index (χ4n) is 1.46. The number of hydrogen-bond acceptors (Lipinski definition) is 5. The summed E-state index contributed by atoms with van der Waals surface area (Å²) in [6.07, 6.45) is 0. The van der Waals surface area contributed by atoms with Gasteiger partial charge in [-0.2, -0.15) is 4.98 Å². The molecule has 0 radical (unpaired) electrons. The van der Waals surface area contributed by atoms with Gasteiger partial charge in [0.1, 0.15) is 0 Å². The van der Waals surface area contributed by atoms with Crippen LogP contribution < -0.4 is 5.73 Å². The smallest absolute Gasteiger partial charge is 0.260 e. The molecule has 108 valence electrons. The van der Waals surface area contributed by atoms with Crippen LogP contribution in [0.4, 0.5) is 5.69 Å². The molecule has 2 aromatic rings. The molecule has 0 saturated carbocycles. The van der Waals surface area contributed by atoms with Crippen LogP contribution in [0.3, 0.4) is 0 Å². The van der Waals surface area contributed by atoms with Crippen molar-refractivity contribution in [3.05, 3.63) is 26.9 Å². The van der Waals surface area contributed by atoms with Crippen molar-refractivity contribution in [3.63, 3.8) is 0 Å². The van der Waals surface area contributed by atoms with E-state index in [1.807, 2.05) is 12.1 Å². The van der Waals surface area contributed by atoms with Crippen LogP contribution in [0.15, 0.2) is 25.6 Å². The molecule has 0 aliphatic heterocycles. The van der Waals surface area contributed by atoms with Crippen LogP contribution in [-0.2, 0) is 5.75 Å². The maximum absolute atomic E-state index is 6.04. The molecule has 1 aromatic heterocycles. The second-order valence-electron chi connectivity index (χ2n) is 5.27. The van der Waals surface area contributed by atoms with Gasteiger partial charge in [0.05, 0.1) is 17.0 Å². The third-order valence-electron chi connectivity index (χ3n) is 2.43. The maximum atomic E-state index is 6.04. The highest BCUT2D eigenvalue weighted by atomic mass is 79.9. The van der Waals surface area contributed by atoms with E-state index in [1.54, 1.807) is 11.8 Å². The van der Waals surface area contributed by atoms with E-state index in [0.717, 1.165) is 14.5 Å². The first-order chi connectivity index (χ1) is 9.26. The summed E-state index contributed by atoms with van der Waals surface area (Å²) in [4.78, 5) is 4.41. The molecule has 0 fully saturated rings. The first kappa shape index (κ1) is 15.9. The van der Waals surface area contributed by atoms with E-state index in [-0.39, 0.29) is 4.75 Å². The van der Waals surface area contributed by atoms with E-state index in [4.69, 9.17) is 10.3 Å². The Kier molecular flexibility index (Phi) is 4.81. The van der Waals surface area contributed by atoms with Gasteiger partial charge in [0, 0.05) is 13.7 Å². The standard InChI is InChI=1S/C13H15Br2N3OS/c1-13(2,3)20-6-10-17-12(19-18-10)8-4-7(14)5-9(15)11(8)16/h4-5H,6,16H2,1-3H3. The Balaban J connectivity index is 2.25. The van der Waals surface area contributed by atoms with Crippen LogP contribution in [0.5, 0.6) is 0 Å². The number of nitrogens with zero attached hydrogens (tertiary/aromatic N) is 2. The van der Waals surface area contributed by atoms with Gasteiger partial charge in [0.15, 0.2) is 5.82 Å². The largest absolute Gasteiger partial charge is 0.397 e. The van der Waals surface area contributed by atoms with Crippen LogP contribution in [0, 0.1) is 0 Å². The van der Waals surface area contributed by atoms with E-state index in [1.165, 1.54) is 0 Å². The zero-order chi connectivity index (χ0) is 14.9. The molecule has 7 heteroatoms. The van der Waals surface area contributed by atoms with Gasteiger partial charge in [-0.05, 0) is 28.1 Å². The van der Waals surface area contributed by atoms with Crippen molar-refractivity contribution < 1.29 is 4.52 Å². The molecule has 0 spiro atoms. The highest BCUT2D eigenvalue weighted by Gasteiger charge is 2.17. The van der Waals surface area contributed by atoms with Crippen LogP contribution in [0.25, 0.3) is 11.5 Å². The Morgan fingerprint density at radius 3 is 2.65 bits per heavy atom. The van der Waals surface area contributed by atoms with E-state index >= 15 is 0 Å². The van der Waals surface area contributed by atoms with Gasteiger partial charge < -0.3 is 10.3 Å². The van der Waals surface area contributed by atoms with E-state index < -0.39 is 0 Å². The van der Waals surface area contributed by atoms with Gasteiger partial charge in [0.25, 0.3) is 5.89 Å². The second kappa shape index (κ2) is 6.07. The van der Waals surface area contributed by atoms with Crippen molar-refractivity contribution in [1.82, 2.24) is 10.1 Å². The number of hydrogen-bond donors (Lipinski definition) is 1. The normalized spacial score (nSPS) is 11.8. The van der Waals surface area contributed by atoms with Crippen LogP contribution in [-0.4, -0.2) is 14.9 Å². The fourth-order valence-corrected chi connectivity index (χ4v) is 3.37. The molecule has 2 N–H and O–H groups in total. The van der Waals surface area contributed by atoms with Crippen molar-refractivity contribution >= 4 is 49.3 Å². The molecule has 20 heavy (non-hydrogen) atoms. The van der Waals surface area contributed by atoms with E-state index in [2.05, 4.69) is 62.8 Å². The number of rotatable bonds is 3. The lowest BCUT2D eigenvalue weighted by atomic mass is 10.2. The molecular formula is C13H15Br2N3OS. The maximum Gasteiger partial charge on any atom is 0.260 e. The molecular weight excluding hydrogens is 406 g/mol. The monoisotopic (exact) mass is 419 g/mol. The molecule has 2 rings (SSSR count). The summed E-state index contributed by atoms with van der Waals surface area (Å²) in [5, 5.41) is 4.00. The van der Waals surface area contributed by atoms with Crippen LogP contribution in [0.1, 0.15) is 26.6 Å². The van der Waals surface area contributed by atoms with Gasteiger partial charge >= 0.3 is 0 Å². The molecule has 0 saturated heterocycles. The van der Waals surface area contributed by atoms with Gasteiger partial charge in [-0.25, -0.2) is 0 Å². The Morgan fingerprint density at radius 2 is 2.00 bits per heavy atom. The topological polar surface area (TPSA) is 64.9 Å². The van der Waals surface area contributed by atoms with Gasteiger partial charge in [-0.15, -0.1) is 11.8 Å². The average molecular weight is 421 g/mol. The summed E-state index contributed by atoms with van der Waals surface area (Å²) in [7, 11) is 0. The number of anilines is 1. The number of nitrogen functional groups attached to an aromatic ring is 1. The Morgan fingerprint density at radius 1 is 1.30 bits per heavy atom. The minimum Gasteiger partial charge on any atom is -0.397 e. The number of halogens is 2. The zero-order valence-corrected chi connectivity index (χ0v) is 15.4. The highest BCUT2D eigenvalue weighted by Crippen LogP contribution is 2.35. The van der Waals surface area contributed by atoms with Crippen molar-refractivity contribution in [2.45, 2.75) is 31.3 Å². The Hall–Kier alpha value is -0.530. The predicted molar refractivity (Wildman–Crippen MR) is 90.6 cm³/mol. The molecule has 0 bridgehead atoms. The minimum atomic E-state index is 0.165. The lowest BCUT2D eigenvalue weighted by molar-refractivity contribution is 0.425. The van der Waals surface area contributed by atoms with Gasteiger partial charge in [-0.3, -0.25) is 0 Å². The third-order valence-corrected chi connectivity index (χ3v) is 4.81. The molecule has 1 heterocycles. The quantitative estimate of drug-likeness (QED) is 0.717. The predicted octanol–water partition coefficient (Wildman–Crippen LogP) is 4.88. The molecule has 0 aliphatic rings. The fraction of sp³-hybridized carbons (Fsp3) is 0.385. The molecule has 1 aromatic carbocycles. The lowest BCUT2D eigenvalue weighted by Crippen LogP contribution is -2.07. The molecule has 0 atom stereocenters. The minimum absolute atomic E-state index is 0.165. The highest BCUT2D eigenvalue weighted by molar-refractivity contribution is 9.11. The number of benzene rings is 1. The van der Waals surface area contributed by atoms with Crippen molar-refractivity contribution in [2.75, 3.05) is 5.73 Å². The second-order valence-corrected chi connectivity index (χ2v) is 8.84. The molecule has 4 nitrogen and oxygen atoms in total. The Labute approximate surface area is 139 Å². The third kappa shape index (κ3) is 3.99. The van der Waals surface area contributed by atoms with Crippen LogP contribution >= 0.6 is 43.6 Å². The molecule has 0 aliphatic carbocycles. The van der Waals surface area contributed by atoms with E-state index in [9.17, 15) is 0 Å². The first-order valence-electron chi connectivity index (χ1n) is 5.98. The number of aromatic nitrogens is 2.